The normalized spacial score (nSPS) is 5.14. The molecule has 0 radical (unpaired) electrons. The fourth-order valence-corrected chi connectivity index (χ4v) is 0. The van der Waals surface area contributed by atoms with Crippen LogP contribution in [0.2, 0.25) is 0 Å². The van der Waals surface area contributed by atoms with Crippen molar-refractivity contribution in [1.82, 2.24) is 0 Å². The van der Waals surface area contributed by atoms with Gasteiger partial charge in [-0.1, -0.05) is 0 Å². The van der Waals surface area contributed by atoms with Gasteiger partial charge in [-0.15, -0.1) is 0 Å². The van der Waals surface area contributed by atoms with Crippen molar-refractivity contribution in [2.45, 2.75) is 0 Å². The Balaban J connectivity index is -0.0000000135. The molecule has 0 atom stereocenters. The molecule has 0 saturated heterocycles. The fourth-order valence-electron chi connectivity index (χ4n) is 0. The quantitative estimate of drug-likeness (QED) is 0.230. The molecule has 0 fully saturated rings. The van der Waals surface area contributed by atoms with Gasteiger partial charge in [-0.3, -0.25) is 0 Å². The summed E-state index contributed by atoms with van der Waals surface area (Å²) in [6.45, 7) is 0. The van der Waals surface area contributed by atoms with E-state index in [0.29, 0.717) is 0 Å². The average Bonchev–Trinajstić information content (AvgIpc) is 1.54. The SMILES string of the molecule is O=C(O)O.O=C(O)O.O=C(O)O.[H-].[H-].[K+].[Na+]. The molecule has 76 valence electrons. The third kappa shape index (κ3) is 8180. The third-order valence-electron chi connectivity index (χ3n) is 0. The second-order valence-electron chi connectivity index (χ2n) is 0.848. The smallest absolute Gasteiger partial charge is 1.00 e. The first-order chi connectivity index (χ1) is 5.20. The fraction of sp³-hybridized carbons (Fsp3) is 0. The number of carboxylic acid groups (broad SMARTS) is 6. The molecule has 0 saturated carbocycles. The summed E-state index contributed by atoms with van der Waals surface area (Å²) >= 11 is 0. The van der Waals surface area contributed by atoms with Gasteiger partial charge in [0.1, 0.15) is 0 Å². The van der Waals surface area contributed by atoms with Gasteiger partial charge in [-0.2, -0.15) is 0 Å². The Kier molecular flexibility index (Phi) is 48.8. The van der Waals surface area contributed by atoms with Crippen molar-refractivity contribution in [2.75, 3.05) is 0 Å². The summed E-state index contributed by atoms with van der Waals surface area (Å²) in [5.41, 5.74) is 0. The topological polar surface area (TPSA) is 173 Å². The van der Waals surface area contributed by atoms with Crippen LogP contribution in [0.4, 0.5) is 14.4 Å². The van der Waals surface area contributed by atoms with E-state index < -0.39 is 18.5 Å². The van der Waals surface area contributed by atoms with Crippen LogP contribution >= 0.6 is 0 Å². The van der Waals surface area contributed by atoms with Crippen molar-refractivity contribution >= 4 is 18.5 Å². The van der Waals surface area contributed by atoms with Gasteiger partial charge in [-0.25, -0.2) is 14.4 Å². The Hall–Kier alpha value is 0.446. The predicted octanol–water partition coefficient (Wildman–Crippen LogP) is -5.10. The first-order valence-electron chi connectivity index (χ1n) is 1.95. The molecular weight excluding hydrogens is 242 g/mol. The molecular formula is C3H8KNaO9. The molecule has 0 aromatic heterocycles. The summed E-state index contributed by atoms with van der Waals surface area (Å²) in [6.07, 6.45) is -5.50. The summed E-state index contributed by atoms with van der Waals surface area (Å²) in [6, 6.07) is 0. The maximum atomic E-state index is 8.56. The first kappa shape index (κ1) is 29.3. The van der Waals surface area contributed by atoms with E-state index in [4.69, 9.17) is 45.0 Å². The van der Waals surface area contributed by atoms with Crippen molar-refractivity contribution in [2.24, 2.45) is 0 Å². The maximum absolute atomic E-state index is 8.56. The molecule has 0 amide bonds. The first-order valence-corrected chi connectivity index (χ1v) is 1.95. The second kappa shape index (κ2) is 23.3. The Morgan fingerprint density at radius 2 is 0.643 bits per heavy atom. The molecule has 0 spiro atoms. The Morgan fingerprint density at radius 3 is 0.643 bits per heavy atom. The van der Waals surface area contributed by atoms with Crippen LogP contribution in [0.15, 0.2) is 0 Å². The van der Waals surface area contributed by atoms with Crippen LogP contribution in [0, 0.1) is 0 Å². The number of carbonyl (C=O) groups is 3. The second-order valence-corrected chi connectivity index (χ2v) is 0.848. The van der Waals surface area contributed by atoms with E-state index in [0.717, 1.165) is 0 Å². The van der Waals surface area contributed by atoms with Crippen molar-refractivity contribution in [1.29, 1.82) is 0 Å². The third-order valence-corrected chi connectivity index (χ3v) is 0. The minimum absolute atomic E-state index is 0. The van der Waals surface area contributed by atoms with Crippen LogP contribution < -0.4 is 80.9 Å². The van der Waals surface area contributed by atoms with E-state index >= 15 is 0 Å². The Bertz CT molecular complexity index is 126. The van der Waals surface area contributed by atoms with Crippen LogP contribution in [0.5, 0.6) is 0 Å². The number of hydrogen-bond acceptors (Lipinski definition) is 3. The minimum Gasteiger partial charge on any atom is -1.00 e. The van der Waals surface area contributed by atoms with Gasteiger partial charge in [0, 0.05) is 0 Å². The molecule has 0 aromatic rings. The van der Waals surface area contributed by atoms with Crippen molar-refractivity contribution < 1.29 is 129 Å². The summed E-state index contributed by atoms with van der Waals surface area (Å²) in [7, 11) is 0. The van der Waals surface area contributed by atoms with Crippen LogP contribution in [-0.4, -0.2) is 49.1 Å². The predicted molar refractivity (Wildman–Crippen MR) is 34.2 cm³/mol. The van der Waals surface area contributed by atoms with E-state index in [1.807, 2.05) is 0 Å². The summed E-state index contributed by atoms with van der Waals surface area (Å²) in [4.78, 5) is 25.7. The molecule has 0 aliphatic rings. The summed E-state index contributed by atoms with van der Waals surface area (Å²) in [5.74, 6) is 0. The Labute approximate surface area is 145 Å². The molecule has 9 nitrogen and oxygen atoms in total. The van der Waals surface area contributed by atoms with Gasteiger partial charge in [0.05, 0.1) is 0 Å². The van der Waals surface area contributed by atoms with Crippen LogP contribution in [-0.2, 0) is 0 Å². The van der Waals surface area contributed by atoms with Crippen molar-refractivity contribution in [3.63, 3.8) is 0 Å². The van der Waals surface area contributed by atoms with Crippen molar-refractivity contribution in [3.8, 4) is 0 Å². The molecule has 0 aliphatic heterocycles. The molecule has 0 aromatic carbocycles. The van der Waals surface area contributed by atoms with Gasteiger partial charge in [0.2, 0.25) is 0 Å². The van der Waals surface area contributed by atoms with Gasteiger partial charge in [0.25, 0.3) is 0 Å². The standard InChI is InChI=1S/3CH2O3.K.Na.2H/c3*2-1(3)4;;;;/h3*(H2,2,3,4);;;;/q;;;2*+1;2*-1. The zero-order chi connectivity index (χ0) is 10.7. The van der Waals surface area contributed by atoms with Crippen molar-refractivity contribution in [3.05, 3.63) is 0 Å². The average molecular weight is 250 g/mol. The molecule has 0 heterocycles. The van der Waals surface area contributed by atoms with Gasteiger partial charge < -0.3 is 33.5 Å². The van der Waals surface area contributed by atoms with E-state index in [1.54, 1.807) is 0 Å². The molecule has 0 bridgehead atoms. The Morgan fingerprint density at radius 1 is 0.643 bits per heavy atom. The van der Waals surface area contributed by atoms with E-state index in [-0.39, 0.29) is 83.8 Å². The zero-order valence-corrected chi connectivity index (χ0v) is 12.5. The molecule has 11 heteroatoms. The number of rotatable bonds is 0. The molecule has 6 N–H and O–H groups in total. The zero-order valence-electron chi connectivity index (χ0n) is 9.41. The van der Waals surface area contributed by atoms with E-state index in [2.05, 4.69) is 0 Å². The van der Waals surface area contributed by atoms with E-state index in [9.17, 15) is 0 Å². The number of hydrogen-bond donors (Lipinski definition) is 6. The van der Waals surface area contributed by atoms with Gasteiger partial charge >= 0.3 is 99.4 Å². The molecule has 0 aliphatic carbocycles. The van der Waals surface area contributed by atoms with Crippen LogP contribution in [0.1, 0.15) is 2.85 Å². The molecule has 14 heavy (non-hydrogen) atoms. The van der Waals surface area contributed by atoms with Crippen LogP contribution in [0.25, 0.3) is 0 Å². The van der Waals surface area contributed by atoms with Gasteiger partial charge in [-0.05, 0) is 0 Å². The van der Waals surface area contributed by atoms with Gasteiger partial charge in [0.15, 0.2) is 0 Å². The summed E-state index contributed by atoms with van der Waals surface area (Å²) in [5, 5.41) is 41.8. The monoisotopic (exact) mass is 250 g/mol. The maximum Gasteiger partial charge on any atom is 1.00 e. The van der Waals surface area contributed by atoms with Crippen LogP contribution in [0.3, 0.4) is 0 Å². The minimum atomic E-state index is -1.83. The van der Waals surface area contributed by atoms with E-state index in [1.165, 1.54) is 0 Å². The molecule has 0 unspecified atom stereocenters. The largest absolute Gasteiger partial charge is 1.00 e. The molecule has 0 rings (SSSR count). The summed E-state index contributed by atoms with van der Waals surface area (Å²) < 4.78 is 0.